The van der Waals surface area contributed by atoms with Gasteiger partial charge in [0.25, 0.3) is 0 Å². The lowest BCUT2D eigenvalue weighted by Gasteiger charge is -2.34. The van der Waals surface area contributed by atoms with Crippen molar-refractivity contribution in [3.8, 4) is 0 Å². The van der Waals surface area contributed by atoms with Crippen LogP contribution in [0.25, 0.3) is 0 Å². The SMILES string of the molecule is CC(=O)N(CC(=O)Nc1ccc(N2CCN(C)CC2)cc1)Cc1ccncc1. The van der Waals surface area contributed by atoms with Gasteiger partial charge in [-0.05, 0) is 49.0 Å². The van der Waals surface area contributed by atoms with E-state index in [2.05, 4.69) is 27.1 Å². The molecule has 0 aliphatic carbocycles. The predicted octanol–water partition coefficient (Wildman–Crippen LogP) is 1.82. The second kappa shape index (κ2) is 9.32. The highest BCUT2D eigenvalue weighted by molar-refractivity contribution is 5.94. The monoisotopic (exact) mass is 381 g/mol. The normalized spacial score (nSPS) is 14.6. The Bertz CT molecular complexity index is 786. The van der Waals surface area contributed by atoms with Gasteiger partial charge in [-0.25, -0.2) is 0 Å². The number of carbonyl (C=O) groups is 2. The van der Waals surface area contributed by atoms with Gasteiger partial charge < -0.3 is 20.0 Å². The first-order chi connectivity index (χ1) is 13.5. The van der Waals surface area contributed by atoms with Crippen LogP contribution in [0.15, 0.2) is 48.8 Å². The molecule has 2 amide bonds. The van der Waals surface area contributed by atoms with Crippen LogP contribution in [0.5, 0.6) is 0 Å². The number of anilines is 2. The summed E-state index contributed by atoms with van der Waals surface area (Å²) in [5, 5.41) is 2.88. The second-order valence-electron chi connectivity index (χ2n) is 7.12. The highest BCUT2D eigenvalue weighted by Gasteiger charge is 2.16. The Labute approximate surface area is 166 Å². The molecule has 0 radical (unpaired) electrons. The molecule has 1 aliphatic heterocycles. The largest absolute Gasteiger partial charge is 0.369 e. The van der Waals surface area contributed by atoms with Gasteiger partial charge in [0.05, 0.1) is 0 Å². The van der Waals surface area contributed by atoms with Crippen molar-refractivity contribution >= 4 is 23.2 Å². The summed E-state index contributed by atoms with van der Waals surface area (Å²) in [6.07, 6.45) is 3.35. The Balaban J connectivity index is 1.55. The number of nitrogens with zero attached hydrogens (tertiary/aromatic N) is 4. The van der Waals surface area contributed by atoms with E-state index in [4.69, 9.17) is 0 Å². The van der Waals surface area contributed by atoms with Crippen molar-refractivity contribution in [2.45, 2.75) is 13.5 Å². The van der Waals surface area contributed by atoms with Crippen LogP contribution in [0.3, 0.4) is 0 Å². The third kappa shape index (κ3) is 5.53. The minimum absolute atomic E-state index is 0.0118. The maximum absolute atomic E-state index is 12.4. The second-order valence-corrected chi connectivity index (χ2v) is 7.12. The molecular weight excluding hydrogens is 354 g/mol. The maximum Gasteiger partial charge on any atom is 0.244 e. The summed E-state index contributed by atoms with van der Waals surface area (Å²) in [6, 6.07) is 11.6. The minimum Gasteiger partial charge on any atom is -0.369 e. The number of benzene rings is 1. The van der Waals surface area contributed by atoms with Crippen molar-refractivity contribution in [1.29, 1.82) is 0 Å². The van der Waals surface area contributed by atoms with Crippen LogP contribution in [0.1, 0.15) is 12.5 Å². The van der Waals surface area contributed by atoms with Crippen LogP contribution in [0.2, 0.25) is 0 Å². The van der Waals surface area contributed by atoms with E-state index in [1.165, 1.54) is 11.8 Å². The van der Waals surface area contributed by atoms with E-state index in [-0.39, 0.29) is 18.4 Å². The summed E-state index contributed by atoms with van der Waals surface area (Å²) >= 11 is 0. The number of hydrogen-bond donors (Lipinski definition) is 1. The van der Waals surface area contributed by atoms with Gasteiger partial charge in [0.1, 0.15) is 6.54 Å². The van der Waals surface area contributed by atoms with Gasteiger partial charge in [-0.3, -0.25) is 14.6 Å². The molecule has 2 aromatic rings. The number of carbonyl (C=O) groups excluding carboxylic acids is 2. The Kier molecular flexibility index (Phi) is 6.60. The fourth-order valence-electron chi connectivity index (χ4n) is 3.18. The van der Waals surface area contributed by atoms with Crippen LogP contribution in [-0.2, 0) is 16.1 Å². The average molecular weight is 381 g/mol. The third-order valence-electron chi connectivity index (χ3n) is 4.92. The van der Waals surface area contributed by atoms with E-state index >= 15 is 0 Å². The highest BCUT2D eigenvalue weighted by Crippen LogP contribution is 2.19. The first-order valence-corrected chi connectivity index (χ1v) is 9.49. The average Bonchev–Trinajstić information content (AvgIpc) is 2.69. The predicted molar refractivity (Wildman–Crippen MR) is 110 cm³/mol. The topological polar surface area (TPSA) is 68.8 Å². The lowest BCUT2D eigenvalue weighted by molar-refractivity contribution is -0.133. The van der Waals surface area contributed by atoms with Gasteiger partial charge in [0, 0.05) is 63.4 Å². The van der Waals surface area contributed by atoms with Crippen LogP contribution in [0.4, 0.5) is 11.4 Å². The number of hydrogen-bond acceptors (Lipinski definition) is 5. The third-order valence-corrected chi connectivity index (χ3v) is 4.92. The van der Waals surface area contributed by atoms with Crippen molar-refractivity contribution < 1.29 is 9.59 Å². The molecule has 7 nitrogen and oxygen atoms in total. The zero-order valence-corrected chi connectivity index (χ0v) is 16.5. The van der Waals surface area contributed by atoms with Crippen molar-refractivity contribution in [2.75, 3.05) is 50.0 Å². The molecule has 1 aliphatic rings. The Hall–Kier alpha value is -2.93. The van der Waals surface area contributed by atoms with Gasteiger partial charge in [-0.1, -0.05) is 0 Å². The molecule has 0 unspecified atom stereocenters. The quantitative estimate of drug-likeness (QED) is 0.827. The van der Waals surface area contributed by atoms with Gasteiger partial charge in [0.2, 0.25) is 11.8 Å². The first-order valence-electron chi connectivity index (χ1n) is 9.49. The Morgan fingerprint density at radius 3 is 2.29 bits per heavy atom. The molecule has 1 saturated heterocycles. The van der Waals surface area contributed by atoms with E-state index in [1.807, 2.05) is 36.4 Å². The fourth-order valence-corrected chi connectivity index (χ4v) is 3.18. The minimum atomic E-state index is -0.211. The smallest absolute Gasteiger partial charge is 0.244 e. The maximum atomic E-state index is 12.4. The van der Waals surface area contributed by atoms with E-state index in [9.17, 15) is 9.59 Å². The molecule has 0 bridgehead atoms. The number of aromatic nitrogens is 1. The first kappa shape index (κ1) is 19.8. The molecule has 3 rings (SSSR count). The Morgan fingerprint density at radius 1 is 1.04 bits per heavy atom. The van der Waals surface area contributed by atoms with Gasteiger partial charge in [-0.2, -0.15) is 0 Å². The zero-order valence-electron chi connectivity index (χ0n) is 16.5. The number of pyridine rings is 1. The molecule has 0 saturated carbocycles. The fraction of sp³-hybridized carbons (Fsp3) is 0.381. The molecule has 7 heteroatoms. The van der Waals surface area contributed by atoms with E-state index in [0.717, 1.165) is 43.1 Å². The molecule has 148 valence electrons. The van der Waals surface area contributed by atoms with Gasteiger partial charge in [-0.15, -0.1) is 0 Å². The van der Waals surface area contributed by atoms with E-state index in [0.29, 0.717) is 6.54 Å². The van der Waals surface area contributed by atoms with Crippen LogP contribution >= 0.6 is 0 Å². The van der Waals surface area contributed by atoms with Crippen LogP contribution in [-0.4, -0.2) is 66.4 Å². The number of piperazine rings is 1. The number of amides is 2. The summed E-state index contributed by atoms with van der Waals surface area (Å²) in [5.41, 5.74) is 2.83. The lowest BCUT2D eigenvalue weighted by Crippen LogP contribution is -2.44. The summed E-state index contributed by atoms with van der Waals surface area (Å²) in [5.74, 6) is -0.353. The number of likely N-dealkylation sites (N-methyl/N-ethyl adjacent to an activating group) is 1. The molecule has 2 heterocycles. The zero-order chi connectivity index (χ0) is 19.9. The molecule has 28 heavy (non-hydrogen) atoms. The number of nitrogens with one attached hydrogen (secondary N) is 1. The molecule has 1 fully saturated rings. The van der Waals surface area contributed by atoms with Crippen LogP contribution in [0, 0.1) is 0 Å². The molecular formula is C21H27N5O2. The summed E-state index contributed by atoms with van der Waals surface area (Å²) in [4.78, 5) is 34.5. The lowest BCUT2D eigenvalue weighted by atomic mass is 10.2. The molecule has 1 aromatic carbocycles. The van der Waals surface area contributed by atoms with Gasteiger partial charge >= 0.3 is 0 Å². The van der Waals surface area contributed by atoms with Crippen molar-refractivity contribution in [2.24, 2.45) is 0 Å². The molecule has 0 atom stereocenters. The molecule has 1 N–H and O–H groups in total. The Morgan fingerprint density at radius 2 is 1.68 bits per heavy atom. The molecule has 1 aromatic heterocycles. The van der Waals surface area contributed by atoms with E-state index in [1.54, 1.807) is 12.4 Å². The van der Waals surface area contributed by atoms with Crippen molar-refractivity contribution in [3.05, 3.63) is 54.4 Å². The van der Waals surface area contributed by atoms with E-state index < -0.39 is 0 Å². The summed E-state index contributed by atoms with van der Waals surface area (Å²) in [7, 11) is 2.13. The standard InChI is InChI=1S/C21H27N5O2/c1-17(27)26(15-18-7-9-22-10-8-18)16-21(28)23-19-3-5-20(6-4-19)25-13-11-24(2)12-14-25/h3-10H,11-16H2,1-2H3,(H,23,28). The van der Waals surface area contributed by atoms with Crippen molar-refractivity contribution in [1.82, 2.24) is 14.8 Å². The highest BCUT2D eigenvalue weighted by atomic mass is 16.2. The summed E-state index contributed by atoms with van der Waals surface area (Å²) in [6.45, 7) is 5.98. The molecule has 0 spiro atoms. The van der Waals surface area contributed by atoms with Gasteiger partial charge in [0.15, 0.2) is 0 Å². The van der Waals surface area contributed by atoms with Crippen LogP contribution < -0.4 is 10.2 Å². The number of rotatable bonds is 6. The van der Waals surface area contributed by atoms with Crippen molar-refractivity contribution in [3.63, 3.8) is 0 Å². The summed E-state index contributed by atoms with van der Waals surface area (Å²) < 4.78 is 0.